The van der Waals surface area contributed by atoms with Gasteiger partial charge in [-0.25, -0.2) is 0 Å². The number of aromatic nitrogens is 1. The number of pyridine rings is 1. The molecule has 7 heteroatoms. The van der Waals surface area contributed by atoms with Gasteiger partial charge in [-0.1, -0.05) is 41.4 Å². The lowest BCUT2D eigenvalue weighted by molar-refractivity contribution is 0.396. The Balaban J connectivity index is 2.19. The molecule has 1 atom stereocenters. The SMILES string of the molecule is Cn1c(=O)c2c(c3ccccc31)OC(N)=C(C#N)C2c1c(Cl)cccc1Cl. The third-order valence-corrected chi connectivity index (χ3v) is 5.41. The third kappa shape index (κ3) is 2.49. The van der Waals surface area contributed by atoms with Crippen molar-refractivity contribution in [2.24, 2.45) is 12.8 Å². The Kier molecular flexibility index (Phi) is 4.11. The maximum absolute atomic E-state index is 13.2. The van der Waals surface area contributed by atoms with Crippen LogP contribution in [0.4, 0.5) is 0 Å². The molecule has 0 radical (unpaired) electrons. The van der Waals surface area contributed by atoms with Gasteiger partial charge in [-0.3, -0.25) is 4.79 Å². The fourth-order valence-corrected chi connectivity index (χ4v) is 4.12. The van der Waals surface area contributed by atoms with Crippen LogP contribution in [0.5, 0.6) is 5.75 Å². The van der Waals surface area contributed by atoms with Crippen molar-refractivity contribution in [1.29, 1.82) is 5.26 Å². The molecule has 5 nitrogen and oxygen atoms in total. The van der Waals surface area contributed by atoms with E-state index < -0.39 is 5.92 Å². The Morgan fingerprint density at radius 3 is 2.44 bits per heavy atom. The minimum Gasteiger partial charge on any atom is -0.439 e. The first-order valence-electron chi connectivity index (χ1n) is 8.08. The van der Waals surface area contributed by atoms with Crippen LogP contribution >= 0.6 is 23.2 Å². The van der Waals surface area contributed by atoms with E-state index >= 15 is 0 Å². The molecule has 1 unspecified atom stereocenters. The molecule has 27 heavy (non-hydrogen) atoms. The predicted octanol–water partition coefficient (Wildman–Crippen LogP) is 4.06. The number of hydrogen-bond donors (Lipinski definition) is 1. The average Bonchev–Trinajstić information content (AvgIpc) is 2.65. The van der Waals surface area contributed by atoms with Crippen LogP contribution in [-0.2, 0) is 7.05 Å². The summed E-state index contributed by atoms with van der Waals surface area (Å²) in [6.07, 6.45) is 0. The predicted molar refractivity (Wildman–Crippen MR) is 105 cm³/mol. The summed E-state index contributed by atoms with van der Waals surface area (Å²) >= 11 is 12.8. The van der Waals surface area contributed by atoms with Gasteiger partial charge in [-0.2, -0.15) is 5.26 Å². The number of allylic oxidation sites excluding steroid dienone is 1. The van der Waals surface area contributed by atoms with Gasteiger partial charge < -0.3 is 15.0 Å². The van der Waals surface area contributed by atoms with E-state index in [9.17, 15) is 10.1 Å². The summed E-state index contributed by atoms with van der Waals surface area (Å²) in [6, 6.07) is 14.4. The molecule has 0 aliphatic carbocycles. The van der Waals surface area contributed by atoms with Crippen molar-refractivity contribution in [3.8, 4) is 11.8 Å². The highest BCUT2D eigenvalue weighted by molar-refractivity contribution is 6.36. The molecule has 1 aliphatic rings. The Bertz CT molecular complexity index is 1220. The van der Waals surface area contributed by atoms with Gasteiger partial charge in [0.25, 0.3) is 5.56 Å². The van der Waals surface area contributed by atoms with Crippen molar-refractivity contribution < 1.29 is 4.74 Å². The van der Waals surface area contributed by atoms with Gasteiger partial charge in [0, 0.05) is 28.0 Å². The van der Waals surface area contributed by atoms with Crippen LogP contribution < -0.4 is 16.0 Å². The van der Waals surface area contributed by atoms with Crippen LogP contribution in [0.2, 0.25) is 10.0 Å². The van der Waals surface area contributed by atoms with Gasteiger partial charge in [-0.05, 0) is 24.3 Å². The maximum Gasteiger partial charge on any atom is 0.258 e. The highest BCUT2D eigenvalue weighted by Crippen LogP contribution is 2.46. The maximum atomic E-state index is 13.2. The lowest BCUT2D eigenvalue weighted by Crippen LogP contribution is -2.31. The minimum absolute atomic E-state index is 0.0654. The van der Waals surface area contributed by atoms with Crippen molar-refractivity contribution in [2.45, 2.75) is 5.92 Å². The number of rotatable bonds is 1. The fourth-order valence-electron chi connectivity index (χ4n) is 3.50. The molecule has 0 bridgehead atoms. The number of nitrogens with zero attached hydrogens (tertiary/aromatic N) is 2. The van der Waals surface area contributed by atoms with Crippen LogP contribution in [0.25, 0.3) is 10.9 Å². The van der Waals surface area contributed by atoms with Gasteiger partial charge >= 0.3 is 0 Å². The number of nitrogens with two attached hydrogens (primary N) is 1. The normalized spacial score (nSPS) is 16.0. The summed E-state index contributed by atoms with van der Waals surface area (Å²) in [5.74, 6) is -0.557. The summed E-state index contributed by atoms with van der Waals surface area (Å²) < 4.78 is 7.27. The quantitative estimate of drug-likeness (QED) is 0.670. The number of para-hydroxylation sites is 1. The zero-order valence-electron chi connectivity index (χ0n) is 14.2. The zero-order chi connectivity index (χ0) is 19.3. The topological polar surface area (TPSA) is 81.0 Å². The highest BCUT2D eigenvalue weighted by atomic mass is 35.5. The van der Waals surface area contributed by atoms with Gasteiger partial charge in [0.2, 0.25) is 5.88 Å². The fraction of sp³-hybridized carbons (Fsp3) is 0.100. The molecule has 0 fully saturated rings. The number of aryl methyl sites for hydroxylation is 1. The van der Waals surface area contributed by atoms with E-state index in [1.165, 1.54) is 4.57 Å². The Hall–Kier alpha value is -2.94. The molecule has 4 rings (SSSR count). The largest absolute Gasteiger partial charge is 0.439 e. The third-order valence-electron chi connectivity index (χ3n) is 4.75. The van der Waals surface area contributed by atoms with Gasteiger partial charge in [0.15, 0.2) is 0 Å². The van der Waals surface area contributed by atoms with E-state index in [0.717, 1.165) is 0 Å². The number of halogens is 2. The van der Waals surface area contributed by atoms with E-state index in [1.54, 1.807) is 25.2 Å². The first kappa shape index (κ1) is 17.5. The lowest BCUT2D eigenvalue weighted by atomic mass is 9.83. The van der Waals surface area contributed by atoms with Crippen molar-refractivity contribution in [1.82, 2.24) is 4.57 Å². The molecule has 3 aromatic rings. The molecule has 0 saturated heterocycles. The van der Waals surface area contributed by atoms with Crippen LogP contribution in [0.1, 0.15) is 17.0 Å². The Morgan fingerprint density at radius 1 is 1.11 bits per heavy atom. The first-order valence-corrected chi connectivity index (χ1v) is 8.84. The Morgan fingerprint density at radius 2 is 1.78 bits per heavy atom. The molecule has 134 valence electrons. The van der Waals surface area contributed by atoms with Crippen molar-refractivity contribution in [3.63, 3.8) is 0 Å². The molecule has 0 saturated carbocycles. The van der Waals surface area contributed by atoms with Crippen molar-refractivity contribution in [3.05, 3.63) is 85.4 Å². The van der Waals surface area contributed by atoms with E-state index in [-0.39, 0.29) is 22.6 Å². The zero-order valence-corrected chi connectivity index (χ0v) is 15.7. The second-order valence-electron chi connectivity index (χ2n) is 6.18. The molecule has 2 N–H and O–H groups in total. The summed E-state index contributed by atoms with van der Waals surface area (Å²) in [7, 11) is 1.67. The van der Waals surface area contributed by atoms with Crippen LogP contribution in [0.3, 0.4) is 0 Å². The number of hydrogen-bond acceptors (Lipinski definition) is 4. The highest BCUT2D eigenvalue weighted by Gasteiger charge is 2.37. The van der Waals surface area contributed by atoms with Crippen molar-refractivity contribution >= 4 is 34.1 Å². The van der Waals surface area contributed by atoms with Gasteiger partial charge in [0.05, 0.1) is 17.0 Å². The average molecular weight is 398 g/mol. The molecule has 2 heterocycles. The van der Waals surface area contributed by atoms with Crippen LogP contribution in [-0.4, -0.2) is 4.57 Å². The van der Waals surface area contributed by atoms with Crippen molar-refractivity contribution in [2.75, 3.05) is 0 Å². The van der Waals surface area contributed by atoms with E-state index in [0.29, 0.717) is 32.3 Å². The molecule has 0 spiro atoms. The standard InChI is InChI=1S/C20H13Cl2N3O2/c1-25-14-8-3-2-5-10(14)18-17(20(25)26)15(11(9-23)19(24)27-18)16-12(21)6-4-7-13(16)22/h2-8,15H,24H2,1H3. The summed E-state index contributed by atoms with van der Waals surface area (Å²) in [6.45, 7) is 0. The van der Waals surface area contributed by atoms with Gasteiger partial charge in [-0.15, -0.1) is 0 Å². The number of nitriles is 1. The summed E-state index contributed by atoms with van der Waals surface area (Å²) in [4.78, 5) is 13.2. The number of benzene rings is 2. The summed E-state index contributed by atoms with van der Waals surface area (Å²) in [5, 5.41) is 11.1. The minimum atomic E-state index is -0.816. The molecule has 0 amide bonds. The summed E-state index contributed by atoms with van der Waals surface area (Å²) in [5.41, 5.74) is 7.29. The van der Waals surface area contributed by atoms with E-state index in [1.807, 2.05) is 24.3 Å². The molecular weight excluding hydrogens is 385 g/mol. The molecule has 1 aromatic heterocycles. The monoisotopic (exact) mass is 397 g/mol. The smallest absolute Gasteiger partial charge is 0.258 e. The number of fused-ring (bicyclic) bond motifs is 3. The van der Waals surface area contributed by atoms with E-state index in [4.69, 9.17) is 33.7 Å². The van der Waals surface area contributed by atoms with Crippen LogP contribution in [0.15, 0.2) is 58.7 Å². The molecule has 2 aromatic carbocycles. The van der Waals surface area contributed by atoms with Crippen LogP contribution in [0, 0.1) is 11.3 Å². The first-order chi connectivity index (χ1) is 13.0. The second kappa shape index (κ2) is 6.34. The molecule has 1 aliphatic heterocycles. The number of ether oxygens (including phenoxy) is 1. The second-order valence-corrected chi connectivity index (χ2v) is 7.00. The lowest BCUT2D eigenvalue weighted by Gasteiger charge is -2.28. The Labute approximate surface area is 164 Å². The molecular formula is C20H13Cl2N3O2. The van der Waals surface area contributed by atoms with Gasteiger partial charge in [0.1, 0.15) is 17.4 Å². The van der Waals surface area contributed by atoms with E-state index in [2.05, 4.69) is 6.07 Å².